The van der Waals surface area contributed by atoms with Crippen LogP contribution in [0.3, 0.4) is 0 Å². The SMILES string of the molecule is Cl.O=C(NC1CC(=O)N(c2cccc(C(F)(F)F)c2)C1)C1CCCN1. The van der Waals surface area contributed by atoms with Crippen LogP contribution < -0.4 is 15.5 Å². The molecule has 2 atom stereocenters. The van der Waals surface area contributed by atoms with E-state index in [1.165, 1.54) is 17.0 Å². The number of benzene rings is 1. The fraction of sp³-hybridized carbons (Fsp3) is 0.500. The number of nitrogens with one attached hydrogen (secondary N) is 2. The summed E-state index contributed by atoms with van der Waals surface area (Å²) >= 11 is 0. The van der Waals surface area contributed by atoms with E-state index in [0.29, 0.717) is 0 Å². The number of hydrogen-bond acceptors (Lipinski definition) is 3. The number of hydrogen-bond donors (Lipinski definition) is 2. The van der Waals surface area contributed by atoms with Crippen molar-refractivity contribution in [2.24, 2.45) is 0 Å². The fourth-order valence-electron chi connectivity index (χ4n) is 3.11. The summed E-state index contributed by atoms with van der Waals surface area (Å²) in [6.07, 6.45) is -2.68. The zero-order valence-corrected chi connectivity index (χ0v) is 14.1. The summed E-state index contributed by atoms with van der Waals surface area (Å²) in [7, 11) is 0. The van der Waals surface area contributed by atoms with Gasteiger partial charge in [-0.15, -0.1) is 12.4 Å². The predicted octanol–water partition coefficient (Wildman–Crippen LogP) is 2.10. The molecule has 2 aliphatic rings. The van der Waals surface area contributed by atoms with Crippen LogP contribution in [0.4, 0.5) is 18.9 Å². The lowest BCUT2D eigenvalue weighted by Crippen LogP contribution is -2.46. The molecule has 0 bridgehead atoms. The summed E-state index contributed by atoms with van der Waals surface area (Å²) in [4.78, 5) is 25.5. The van der Waals surface area contributed by atoms with Crippen LogP contribution in [-0.2, 0) is 15.8 Å². The van der Waals surface area contributed by atoms with E-state index in [9.17, 15) is 22.8 Å². The summed E-state index contributed by atoms with van der Waals surface area (Å²) in [6.45, 7) is 0.969. The maximum Gasteiger partial charge on any atom is 0.416 e. The molecule has 1 aromatic rings. The Morgan fingerprint density at radius 3 is 2.72 bits per heavy atom. The third-order valence-electron chi connectivity index (χ3n) is 4.33. The first-order valence-electron chi connectivity index (χ1n) is 7.86. The Morgan fingerprint density at radius 1 is 1.32 bits per heavy atom. The van der Waals surface area contributed by atoms with Crippen LogP contribution >= 0.6 is 12.4 Å². The Labute approximate surface area is 149 Å². The van der Waals surface area contributed by atoms with E-state index in [-0.39, 0.29) is 55.0 Å². The number of alkyl halides is 3. The van der Waals surface area contributed by atoms with Crippen LogP contribution in [0.15, 0.2) is 24.3 Å². The molecule has 3 rings (SSSR count). The second kappa shape index (κ2) is 7.61. The molecule has 2 amide bonds. The summed E-state index contributed by atoms with van der Waals surface area (Å²) < 4.78 is 38.4. The van der Waals surface area contributed by atoms with E-state index in [0.717, 1.165) is 31.5 Å². The van der Waals surface area contributed by atoms with E-state index in [4.69, 9.17) is 0 Å². The van der Waals surface area contributed by atoms with Gasteiger partial charge in [0.05, 0.1) is 17.6 Å². The van der Waals surface area contributed by atoms with E-state index < -0.39 is 11.7 Å². The molecule has 0 radical (unpaired) electrons. The number of amides is 2. The Kier molecular flexibility index (Phi) is 5.95. The van der Waals surface area contributed by atoms with Crippen molar-refractivity contribution in [3.05, 3.63) is 29.8 Å². The van der Waals surface area contributed by atoms with Crippen LogP contribution in [-0.4, -0.2) is 37.0 Å². The van der Waals surface area contributed by atoms with Gasteiger partial charge in [-0.05, 0) is 37.6 Å². The smallest absolute Gasteiger partial charge is 0.350 e. The van der Waals surface area contributed by atoms with Crippen LogP contribution in [0.2, 0.25) is 0 Å². The minimum absolute atomic E-state index is 0. The molecule has 138 valence electrons. The standard InChI is InChI=1S/C16H18F3N3O2.ClH/c17-16(18,19)10-3-1-4-12(7-10)22-9-11(8-14(22)23)21-15(24)13-5-2-6-20-13;/h1,3-4,7,11,13,20H,2,5-6,8-9H2,(H,21,24);1H. The third kappa shape index (κ3) is 4.43. The molecular weight excluding hydrogens is 359 g/mol. The van der Waals surface area contributed by atoms with Gasteiger partial charge >= 0.3 is 6.18 Å². The molecule has 0 spiro atoms. The van der Waals surface area contributed by atoms with Crippen molar-refractivity contribution < 1.29 is 22.8 Å². The van der Waals surface area contributed by atoms with Gasteiger partial charge in [0.25, 0.3) is 0 Å². The van der Waals surface area contributed by atoms with Crippen molar-refractivity contribution in [2.75, 3.05) is 18.0 Å². The number of rotatable bonds is 3. The maximum absolute atomic E-state index is 12.8. The second-order valence-electron chi connectivity index (χ2n) is 6.11. The van der Waals surface area contributed by atoms with Gasteiger partial charge in [0, 0.05) is 18.7 Å². The maximum atomic E-state index is 12.8. The highest BCUT2D eigenvalue weighted by molar-refractivity contribution is 5.97. The van der Waals surface area contributed by atoms with E-state index >= 15 is 0 Å². The first-order valence-corrected chi connectivity index (χ1v) is 7.86. The van der Waals surface area contributed by atoms with Crippen LogP contribution in [0.1, 0.15) is 24.8 Å². The van der Waals surface area contributed by atoms with E-state index in [1.807, 2.05) is 0 Å². The molecule has 25 heavy (non-hydrogen) atoms. The number of anilines is 1. The van der Waals surface area contributed by atoms with Gasteiger partial charge in [-0.2, -0.15) is 13.2 Å². The molecule has 0 aliphatic carbocycles. The van der Waals surface area contributed by atoms with Crippen LogP contribution in [0, 0.1) is 0 Å². The number of carbonyl (C=O) groups is 2. The number of halogens is 4. The summed E-state index contributed by atoms with van der Waals surface area (Å²) in [5.74, 6) is -0.449. The molecular formula is C16H19ClF3N3O2. The molecule has 5 nitrogen and oxygen atoms in total. The zero-order chi connectivity index (χ0) is 17.3. The molecule has 0 aromatic heterocycles. The molecule has 2 aliphatic heterocycles. The zero-order valence-electron chi connectivity index (χ0n) is 13.3. The highest BCUT2D eigenvalue weighted by atomic mass is 35.5. The first-order chi connectivity index (χ1) is 11.3. The Hall–Kier alpha value is -1.80. The Bertz CT molecular complexity index is 648. The summed E-state index contributed by atoms with van der Waals surface area (Å²) in [5.41, 5.74) is -0.596. The predicted molar refractivity (Wildman–Crippen MR) is 88.6 cm³/mol. The van der Waals surface area contributed by atoms with Gasteiger partial charge in [0.1, 0.15) is 0 Å². The van der Waals surface area contributed by atoms with Crippen molar-refractivity contribution in [3.63, 3.8) is 0 Å². The quantitative estimate of drug-likeness (QED) is 0.848. The number of nitrogens with zero attached hydrogens (tertiary/aromatic N) is 1. The van der Waals surface area contributed by atoms with Gasteiger partial charge in [-0.1, -0.05) is 6.07 Å². The minimum atomic E-state index is -4.46. The highest BCUT2D eigenvalue weighted by Gasteiger charge is 2.35. The fourth-order valence-corrected chi connectivity index (χ4v) is 3.11. The van der Waals surface area contributed by atoms with Crippen LogP contribution in [0.25, 0.3) is 0 Å². The lowest BCUT2D eigenvalue weighted by atomic mass is 10.2. The van der Waals surface area contributed by atoms with Crippen molar-refractivity contribution in [3.8, 4) is 0 Å². The molecule has 2 unspecified atom stereocenters. The third-order valence-corrected chi connectivity index (χ3v) is 4.33. The second-order valence-corrected chi connectivity index (χ2v) is 6.11. The normalized spacial score (nSPS) is 23.5. The van der Waals surface area contributed by atoms with E-state index in [2.05, 4.69) is 10.6 Å². The van der Waals surface area contributed by atoms with E-state index in [1.54, 1.807) is 0 Å². The highest BCUT2D eigenvalue weighted by Crippen LogP contribution is 2.32. The molecule has 9 heteroatoms. The lowest BCUT2D eigenvalue weighted by molar-refractivity contribution is -0.137. The molecule has 2 N–H and O–H groups in total. The average Bonchev–Trinajstić information content (AvgIpc) is 3.16. The topological polar surface area (TPSA) is 61.4 Å². The average molecular weight is 378 g/mol. The van der Waals surface area contributed by atoms with Gasteiger partial charge in [-0.3, -0.25) is 9.59 Å². The molecule has 0 saturated carbocycles. The Balaban J connectivity index is 0.00000225. The van der Waals surface area contributed by atoms with Gasteiger partial charge in [0.2, 0.25) is 11.8 Å². The molecule has 2 fully saturated rings. The van der Waals surface area contributed by atoms with Crippen molar-refractivity contribution in [2.45, 2.75) is 37.5 Å². The Morgan fingerprint density at radius 2 is 2.08 bits per heavy atom. The minimum Gasteiger partial charge on any atom is -0.350 e. The van der Waals surface area contributed by atoms with Crippen molar-refractivity contribution in [1.29, 1.82) is 0 Å². The molecule has 1 aromatic carbocycles. The van der Waals surface area contributed by atoms with Crippen molar-refractivity contribution in [1.82, 2.24) is 10.6 Å². The van der Waals surface area contributed by atoms with Crippen LogP contribution in [0.5, 0.6) is 0 Å². The van der Waals surface area contributed by atoms with Gasteiger partial charge in [-0.25, -0.2) is 0 Å². The van der Waals surface area contributed by atoms with Crippen molar-refractivity contribution >= 4 is 29.9 Å². The summed E-state index contributed by atoms with van der Waals surface area (Å²) in [5, 5.41) is 5.88. The van der Waals surface area contributed by atoms with Gasteiger partial charge < -0.3 is 15.5 Å². The number of carbonyl (C=O) groups excluding carboxylic acids is 2. The lowest BCUT2D eigenvalue weighted by Gasteiger charge is -2.19. The molecule has 2 heterocycles. The molecule has 2 saturated heterocycles. The van der Waals surface area contributed by atoms with Gasteiger partial charge in [0.15, 0.2) is 0 Å². The largest absolute Gasteiger partial charge is 0.416 e. The first kappa shape index (κ1) is 19.5. The summed E-state index contributed by atoms with van der Waals surface area (Å²) in [6, 6.07) is 4.04. The monoisotopic (exact) mass is 377 g/mol.